The van der Waals surface area contributed by atoms with Crippen molar-refractivity contribution in [2.45, 2.75) is 17.6 Å². The third-order valence-electron chi connectivity index (χ3n) is 4.48. The van der Waals surface area contributed by atoms with Crippen molar-refractivity contribution in [2.24, 2.45) is 0 Å². The number of anilines is 2. The number of sulfone groups is 1. The normalized spacial score (nSPS) is 11.1. The van der Waals surface area contributed by atoms with Crippen LogP contribution in [-0.4, -0.2) is 19.4 Å². The number of nitro benzene ring substituents is 1. The summed E-state index contributed by atoms with van der Waals surface area (Å²) in [5.74, 6) is -0.253. The van der Waals surface area contributed by atoms with Crippen molar-refractivity contribution in [1.29, 1.82) is 0 Å². The number of benzene rings is 3. The maximum absolute atomic E-state index is 12.8. The number of nitro groups is 1. The van der Waals surface area contributed by atoms with Crippen LogP contribution in [0.5, 0.6) is 0 Å². The Morgan fingerprint density at radius 1 is 0.969 bits per heavy atom. The summed E-state index contributed by atoms with van der Waals surface area (Å²) in [6.45, 7) is 1.67. The van der Waals surface area contributed by atoms with E-state index in [-0.39, 0.29) is 21.4 Å². The maximum Gasteiger partial charge on any atom is 0.323 e. The molecule has 0 aliphatic carbocycles. The van der Waals surface area contributed by atoms with E-state index >= 15 is 0 Å². The molecule has 8 nitrogen and oxygen atoms in total. The predicted octanol–water partition coefficient (Wildman–Crippen LogP) is 5.83. The van der Waals surface area contributed by atoms with E-state index in [2.05, 4.69) is 10.6 Å². The molecule has 166 valence electrons. The van der Waals surface area contributed by atoms with Gasteiger partial charge in [-0.15, -0.1) is 0 Å². The van der Waals surface area contributed by atoms with Gasteiger partial charge in [-0.25, -0.2) is 13.2 Å². The summed E-state index contributed by atoms with van der Waals surface area (Å²) >= 11 is 11.8. The molecule has 0 atom stereocenters. The average molecular weight is 494 g/mol. The van der Waals surface area contributed by atoms with Crippen molar-refractivity contribution in [3.8, 4) is 0 Å². The minimum absolute atomic E-state index is 0.0931. The van der Waals surface area contributed by atoms with Gasteiger partial charge in [-0.2, -0.15) is 0 Å². The second-order valence-corrected chi connectivity index (χ2v) is 9.67. The molecule has 0 saturated heterocycles. The number of nitrogens with zero attached hydrogens (tertiary/aromatic N) is 1. The van der Waals surface area contributed by atoms with Gasteiger partial charge >= 0.3 is 6.03 Å². The minimum Gasteiger partial charge on any atom is -0.308 e. The number of hydrogen-bond acceptors (Lipinski definition) is 5. The molecule has 0 saturated carbocycles. The highest BCUT2D eigenvalue weighted by molar-refractivity contribution is 7.90. The first-order valence-electron chi connectivity index (χ1n) is 9.15. The number of halogens is 2. The van der Waals surface area contributed by atoms with E-state index < -0.39 is 20.8 Å². The summed E-state index contributed by atoms with van der Waals surface area (Å²) < 4.78 is 25.6. The number of nitrogens with one attached hydrogen (secondary N) is 2. The lowest BCUT2D eigenvalue weighted by Crippen LogP contribution is -2.20. The number of carbonyl (C=O) groups excluding carboxylic acids is 1. The zero-order valence-electron chi connectivity index (χ0n) is 16.6. The molecule has 0 heterocycles. The van der Waals surface area contributed by atoms with Gasteiger partial charge in [0.05, 0.1) is 25.6 Å². The van der Waals surface area contributed by atoms with Crippen LogP contribution in [0.2, 0.25) is 10.0 Å². The van der Waals surface area contributed by atoms with Crippen LogP contribution in [0, 0.1) is 17.0 Å². The van der Waals surface area contributed by atoms with Crippen LogP contribution in [0.15, 0.2) is 65.6 Å². The van der Waals surface area contributed by atoms with Crippen molar-refractivity contribution in [1.82, 2.24) is 0 Å². The van der Waals surface area contributed by atoms with Crippen molar-refractivity contribution in [3.05, 3.63) is 92.0 Å². The van der Waals surface area contributed by atoms with Crippen LogP contribution in [-0.2, 0) is 15.6 Å². The Morgan fingerprint density at radius 3 is 2.25 bits per heavy atom. The van der Waals surface area contributed by atoms with Crippen LogP contribution >= 0.6 is 23.2 Å². The van der Waals surface area contributed by atoms with Crippen LogP contribution in [0.1, 0.15) is 11.1 Å². The van der Waals surface area contributed by atoms with E-state index in [0.29, 0.717) is 27.5 Å². The first kappa shape index (κ1) is 23.5. The van der Waals surface area contributed by atoms with Gasteiger partial charge < -0.3 is 10.6 Å². The number of amides is 2. The second-order valence-electron chi connectivity index (χ2n) is 6.87. The Hall–Kier alpha value is -3.14. The predicted molar refractivity (Wildman–Crippen MR) is 124 cm³/mol. The summed E-state index contributed by atoms with van der Waals surface area (Å²) in [5, 5.41) is 16.5. The Kier molecular flexibility index (Phi) is 7.02. The number of hydrogen-bond donors (Lipinski definition) is 2. The Morgan fingerprint density at radius 2 is 1.66 bits per heavy atom. The van der Waals surface area contributed by atoms with Gasteiger partial charge in [0.25, 0.3) is 5.69 Å². The largest absolute Gasteiger partial charge is 0.323 e. The Bertz CT molecular complexity index is 1300. The fraction of sp³-hybridized carbons (Fsp3) is 0.0952. The molecule has 3 aromatic carbocycles. The van der Waals surface area contributed by atoms with Crippen molar-refractivity contribution in [3.63, 3.8) is 0 Å². The van der Waals surface area contributed by atoms with Gasteiger partial charge in [0.2, 0.25) is 0 Å². The quantitative estimate of drug-likeness (QED) is 0.330. The second kappa shape index (κ2) is 9.56. The molecular formula is C21H17Cl2N3O5S. The van der Waals surface area contributed by atoms with Gasteiger partial charge in [0.15, 0.2) is 9.84 Å². The Labute approximate surface area is 194 Å². The molecule has 0 bridgehead atoms. The monoisotopic (exact) mass is 493 g/mol. The third-order valence-corrected chi connectivity index (χ3v) is 6.91. The van der Waals surface area contributed by atoms with Gasteiger partial charge in [0, 0.05) is 23.5 Å². The number of urea groups is 1. The zero-order valence-corrected chi connectivity index (χ0v) is 19.0. The molecule has 0 aliphatic heterocycles. The smallest absolute Gasteiger partial charge is 0.308 e. The van der Waals surface area contributed by atoms with Crippen molar-refractivity contribution < 1.29 is 18.1 Å². The third kappa shape index (κ3) is 5.76. The highest BCUT2D eigenvalue weighted by Gasteiger charge is 2.18. The SMILES string of the molecule is Cc1cc(S(=O)(=O)Cc2ccc(Cl)c(Cl)c2)ccc1NC(=O)Nc1ccc([N+](=O)[O-])cc1. The van der Waals surface area contributed by atoms with Crippen molar-refractivity contribution in [2.75, 3.05) is 10.6 Å². The molecule has 3 rings (SSSR count). The van der Waals surface area contributed by atoms with Crippen LogP contribution in [0.25, 0.3) is 0 Å². The van der Waals surface area contributed by atoms with Crippen LogP contribution in [0.3, 0.4) is 0 Å². The van der Waals surface area contributed by atoms with E-state index in [1.807, 2.05) is 0 Å². The van der Waals surface area contributed by atoms with E-state index in [4.69, 9.17) is 23.2 Å². The molecule has 3 aromatic rings. The topological polar surface area (TPSA) is 118 Å². The summed E-state index contributed by atoms with van der Waals surface area (Å²) in [4.78, 5) is 22.5. The molecule has 0 fully saturated rings. The summed E-state index contributed by atoms with van der Waals surface area (Å²) in [6, 6.07) is 13.8. The summed E-state index contributed by atoms with van der Waals surface area (Å²) in [5.41, 5.74) is 1.73. The molecule has 0 unspecified atom stereocenters. The lowest BCUT2D eigenvalue weighted by molar-refractivity contribution is -0.384. The van der Waals surface area contributed by atoms with Crippen LogP contribution < -0.4 is 10.6 Å². The van der Waals surface area contributed by atoms with E-state index in [9.17, 15) is 23.3 Å². The van der Waals surface area contributed by atoms with Crippen molar-refractivity contribution >= 4 is 56.1 Å². The molecule has 2 amide bonds. The number of non-ortho nitro benzene ring substituents is 1. The zero-order chi connectivity index (χ0) is 23.5. The molecule has 11 heteroatoms. The number of carbonyl (C=O) groups is 1. The van der Waals surface area contributed by atoms with E-state index in [0.717, 1.165) is 0 Å². The molecule has 0 spiro atoms. The molecule has 0 aliphatic rings. The highest BCUT2D eigenvalue weighted by Crippen LogP contribution is 2.27. The molecule has 0 aromatic heterocycles. The fourth-order valence-corrected chi connectivity index (χ4v) is 4.59. The molecule has 32 heavy (non-hydrogen) atoms. The van der Waals surface area contributed by atoms with Gasteiger partial charge in [-0.1, -0.05) is 29.3 Å². The van der Waals surface area contributed by atoms with E-state index in [1.54, 1.807) is 13.0 Å². The van der Waals surface area contributed by atoms with Gasteiger partial charge in [0.1, 0.15) is 0 Å². The Balaban J connectivity index is 1.70. The highest BCUT2D eigenvalue weighted by atomic mass is 35.5. The first-order chi connectivity index (χ1) is 15.0. The minimum atomic E-state index is -3.66. The number of aryl methyl sites for hydroxylation is 1. The number of rotatable bonds is 6. The fourth-order valence-electron chi connectivity index (χ4n) is 2.85. The lowest BCUT2D eigenvalue weighted by atomic mass is 10.2. The summed E-state index contributed by atoms with van der Waals surface area (Å²) in [7, 11) is -3.66. The van der Waals surface area contributed by atoms with E-state index in [1.165, 1.54) is 54.6 Å². The molecular weight excluding hydrogens is 477 g/mol. The molecule has 2 N–H and O–H groups in total. The lowest BCUT2D eigenvalue weighted by Gasteiger charge is -2.12. The standard InChI is InChI=1S/C21H17Cl2N3O5S/c1-13-10-17(32(30,31)12-14-2-8-18(22)19(23)11-14)7-9-20(13)25-21(27)24-15-3-5-16(6-4-15)26(28)29/h2-11H,12H2,1H3,(H2,24,25,27). The van der Waals surface area contributed by atoms with Crippen LogP contribution in [0.4, 0.5) is 21.9 Å². The molecule has 0 radical (unpaired) electrons. The maximum atomic E-state index is 12.8. The average Bonchev–Trinajstić information content (AvgIpc) is 2.72. The first-order valence-corrected chi connectivity index (χ1v) is 11.6. The summed E-state index contributed by atoms with van der Waals surface area (Å²) in [6.07, 6.45) is 0. The van der Waals surface area contributed by atoms with Gasteiger partial charge in [-0.05, 0) is 60.5 Å². The van der Waals surface area contributed by atoms with Gasteiger partial charge in [-0.3, -0.25) is 10.1 Å².